The first-order valence-electron chi connectivity index (χ1n) is 1.39. The maximum absolute atomic E-state index is 8.57. The van der Waals surface area contributed by atoms with Gasteiger partial charge in [-0.05, 0) is 0 Å². The van der Waals surface area contributed by atoms with Crippen molar-refractivity contribution in [3.63, 3.8) is 0 Å². The molecule has 0 unspecified atom stereocenters. The van der Waals surface area contributed by atoms with E-state index in [-0.39, 0.29) is 20.1 Å². The SMILES string of the molecule is [Ir+3].[O-][I+2]([O-])[O-].[O-][I+2]([O-])[O-].[O-][I+2]([O-])[O-]. The van der Waals surface area contributed by atoms with E-state index in [2.05, 4.69) is 0 Å². The average Bonchev–Trinajstić information content (AvgIpc) is 1.54. The van der Waals surface area contributed by atoms with Crippen LogP contribution in [0.25, 0.3) is 0 Å². The summed E-state index contributed by atoms with van der Waals surface area (Å²) < 4.78 is 77.2. The Morgan fingerprint density at radius 3 is 0.385 bits per heavy atom. The van der Waals surface area contributed by atoms with Crippen molar-refractivity contribution in [2.45, 2.75) is 0 Å². The van der Waals surface area contributed by atoms with E-state index in [0.717, 1.165) is 0 Å². The van der Waals surface area contributed by atoms with Crippen LogP contribution < -0.4 is 94.1 Å². The minimum absolute atomic E-state index is 0. The first kappa shape index (κ1) is 24.6. The normalized spacial score (nSPS) is 8.31. The Labute approximate surface area is 113 Å². The molecule has 0 aliphatic rings. The molecule has 9 nitrogen and oxygen atoms in total. The summed E-state index contributed by atoms with van der Waals surface area (Å²) in [6, 6.07) is 0. The summed E-state index contributed by atoms with van der Waals surface area (Å²) in [5, 5.41) is 0. The first-order chi connectivity index (χ1) is 5.20. The van der Waals surface area contributed by atoms with Crippen LogP contribution >= 0.6 is 0 Å². The molecule has 0 heterocycles. The third-order valence-corrected chi connectivity index (χ3v) is 0. The van der Waals surface area contributed by atoms with Crippen molar-refractivity contribution >= 4 is 0 Å². The van der Waals surface area contributed by atoms with Crippen molar-refractivity contribution in [3.05, 3.63) is 0 Å². The molecule has 0 amide bonds. The maximum Gasteiger partial charge on any atom is 3.00 e. The summed E-state index contributed by atoms with van der Waals surface area (Å²) in [5.74, 6) is 0. The van der Waals surface area contributed by atoms with Crippen LogP contribution in [0.5, 0.6) is 0 Å². The molecule has 0 N–H and O–H groups in total. The zero-order valence-corrected chi connectivity index (χ0v) is 14.0. The molecule has 0 fully saturated rings. The Morgan fingerprint density at radius 1 is 0.385 bits per heavy atom. The molecule has 0 aromatic carbocycles. The third kappa shape index (κ3) is 367. The van der Waals surface area contributed by atoms with Gasteiger partial charge in [-0.25, -0.2) is 0 Å². The largest absolute Gasteiger partial charge is 3.00 e. The summed E-state index contributed by atoms with van der Waals surface area (Å²) in [4.78, 5) is 0. The van der Waals surface area contributed by atoms with Gasteiger partial charge in [0.25, 0.3) is 63.2 Å². The second-order valence-electron chi connectivity index (χ2n) is 0.567. The predicted octanol–water partition coefficient (Wildman–Crippen LogP) is -19.7. The average molecular weight is 717 g/mol. The molecule has 0 aromatic rings. The van der Waals surface area contributed by atoms with Crippen LogP contribution in [-0.4, -0.2) is 0 Å². The van der Waals surface area contributed by atoms with E-state index in [0.29, 0.717) is 0 Å². The van der Waals surface area contributed by atoms with Gasteiger partial charge in [0.2, 0.25) is 0 Å². The molecule has 0 saturated carbocycles. The smallest absolute Gasteiger partial charge is 0.427 e. The van der Waals surface area contributed by atoms with Gasteiger partial charge in [0.1, 0.15) is 0 Å². The van der Waals surface area contributed by atoms with Gasteiger partial charge in [0.05, 0.1) is 0 Å². The topological polar surface area (TPSA) is 208 Å². The van der Waals surface area contributed by atoms with E-state index >= 15 is 0 Å². The Hall–Kier alpha value is 2.48. The maximum atomic E-state index is 8.57. The fraction of sp³-hybridized carbons (Fsp3) is 0. The second-order valence-corrected chi connectivity index (χ2v) is 3.80. The van der Waals surface area contributed by atoms with E-state index in [4.69, 9.17) is 30.9 Å². The van der Waals surface area contributed by atoms with Crippen LogP contribution in [-0.2, 0) is 20.1 Å². The van der Waals surface area contributed by atoms with Crippen LogP contribution in [0, 0.1) is 0 Å². The molecule has 0 atom stereocenters. The van der Waals surface area contributed by atoms with Crippen molar-refractivity contribution in [1.29, 1.82) is 0 Å². The van der Waals surface area contributed by atoms with Gasteiger partial charge in [-0.15, -0.1) is 0 Å². The van der Waals surface area contributed by atoms with Crippen molar-refractivity contribution in [2.24, 2.45) is 0 Å². The summed E-state index contributed by atoms with van der Waals surface area (Å²) in [6.45, 7) is 0. The Bertz CT molecular complexity index is 43.4. The van der Waals surface area contributed by atoms with E-state index in [1.807, 2.05) is 0 Å². The van der Waals surface area contributed by atoms with Crippen LogP contribution in [0.15, 0.2) is 0 Å². The Kier molecular flexibility index (Phi) is 37.8. The quantitative estimate of drug-likeness (QED) is 0.218. The summed E-state index contributed by atoms with van der Waals surface area (Å²) in [6.07, 6.45) is 0. The van der Waals surface area contributed by atoms with Gasteiger partial charge >= 0.3 is 20.1 Å². The minimum Gasteiger partial charge on any atom is -0.427 e. The summed E-state index contributed by atoms with van der Waals surface area (Å²) in [5.41, 5.74) is 0. The van der Waals surface area contributed by atoms with E-state index in [1.54, 1.807) is 0 Å². The van der Waals surface area contributed by atoms with Crippen molar-refractivity contribution in [1.82, 2.24) is 0 Å². The van der Waals surface area contributed by atoms with Gasteiger partial charge in [0.15, 0.2) is 0 Å². The molecule has 84 valence electrons. The second kappa shape index (κ2) is 20.0. The number of hydrogen-bond acceptors (Lipinski definition) is 9. The number of halogens is 3. The van der Waals surface area contributed by atoms with Crippen LogP contribution in [0.1, 0.15) is 0 Å². The zero-order chi connectivity index (χ0) is 10.7. The Morgan fingerprint density at radius 2 is 0.385 bits per heavy atom. The van der Waals surface area contributed by atoms with Gasteiger partial charge in [-0.1, -0.05) is 0 Å². The molecular formula is I3IrO9. The molecule has 0 aromatic heterocycles. The van der Waals surface area contributed by atoms with Gasteiger partial charge in [0, 0.05) is 0 Å². The standard InChI is InChI=1S/3IO3.Ir/c3*2-1(3)4;/q3*-1;+3. The van der Waals surface area contributed by atoms with E-state index in [1.165, 1.54) is 0 Å². The van der Waals surface area contributed by atoms with Crippen LogP contribution in [0.3, 0.4) is 0 Å². The molecule has 0 aliphatic heterocycles. The van der Waals surface area contributed by atoms with Crippen molar-refractivity contribution < 1.29 is 114 Å². The molecular weight excluding hydrogens is 717 g/mol. The minimum atomic E-state index is -4.01. The molecule has 0 saturated heterocycles. The van der Waals surface area contributed by atoms with Gasteiger partial charge in [-0.3, -0.25) is 0 Å². The zero-order valence-electron chi connectivity index (χ0n) is 5.14. The monoisotopic (exact) mass is 718 g/mol. The third-order valence-electron chi connectivity index (χ3n) is 0. The van der Waals surface area contributed by atoms with Crippen LogP contribution in [0.2, 0.25) is 0 Å². The van der Waals surface area contributed by atoms with E-state index < -0.39 is 63.2 Å². The van der Waals surface area contributed by atoms with Crippen molar-refractivity contribution in [2.75, 3.05) is 0 Å². The molecule has 0 rings (SSSR count). The summed E-state index contributed by atoms with van der Waals surface area (Å²) >= 11 is -12.0. The molecule has 0 radical (unpaired) electrons. The summed E-state index contributed by atoms with van der Waals surface area (Å²) in [7, 11) is 0. The number of rotatable bonds is 0. The van der Waals surface area contributed by atoms with Gasteiger partial charge < -0.3 is 30.9 Å². The fourth-order valence-electron chi connectivity index (χ4n) is 0. The number of hydrogen-bond donors (Lipinski definition) is 0. The molecule has 13 heteroatoms. The fourth-order valence-corrected chi connectivity index (χ4v) is 0. The van der Waals surface area contributed by atoms with E-state index in [9.17, 15) is 0 Å². The molecule has 0 bridgehead atoms. The van der Waals surface area contributed by atoms with Gasteiger partial charge in [-0.2, -0.15) is 0 Å². The molecule has 0 aliphatic carbocycles. The molecule has 13 heavy (non-hydrogen) atoms. The predicted molar refractivity (Wildman–Crippen MR) is 0 cm³/mol. The van der Waals surface area contributed by atoms with Crippen LogP contribution in [0.4, 0.5) is 0 Å². The first-order valence-corrected chi connectivity index (χ1v) is 9.32. The molecule has 0 spiro atoms. The Balaban J connectivity index is -0.0000000450. The van der Waals surface area contributed by atoms with Crippen molar-refractivity contribution in [3.8, 4) is 0 Å².